The molecule has 0 aliphatic rings. The predicted octanol–water partition coefficient (Wildman–Crippen LogP) is 2.59. The second-order valence-electron chi connectivity index (χ2n) is 6.07. The molecule has 3 aromatic rings. The molecule has 3 rings (SSSR count). The van der Waals surface area contributed by atoms with Crippen molar-refractivity contribution in [1.82, 2.24) is 19.6 Å². The van der Waals surface area contributed by atoms with Gasteiger partial charge in [0.15, 0.2) is 6.10 Å². The average molecular weight is 404 g/mol. The second-order valence-corrected chi connectivity index (χ2v) is 6.50. The lowest BCUT2D eigenvalue weighted by atomic mass is 10.2. The smallest absolute Gasteiger partial charge is 0.379 e. The van der Waals surface area contributed by atoms with Gasteiger partial charge in [-0.05, 0) is 45.0 Å². The van der Waals surface area contributed by atoms with Crippen LogP contribution in [0.3, 0.4) is 0 Å². The number of nitrogens with zero attached hydrogens (tertiary/aromatic N) is 4. The maximum Gasteiger partial charge on any atom is 0.379 e. The fraction of sp³-hybridized carbons (Fsp3) is 0.278. The summed E-state index contributed by atoms with van der Waals surface area (Å²) in [6, 6.07) is 6.59. The lowest BCUT2D eigenvalue weighted by molar-refractivity contribution is -0.123. The zero-order valence-electron chi connectivity index (χ0n) is 15.7. The first kappa shape index (κ1) is 19.6. The summed E-state index contributed by atoms with van der Waals surface area (Å²) in [6.45, 7) is 5.07. The molecule has 1 aromatic carbocycles. The number of methoxy groups -OCH3 is 1. The van der Waals surface area contributed by atoms with Crippen LogP contribution in [0.25, 0.3) is 5.78 Å². The zero-order valence-corrected chi connectivity index (χ0v) is 16.4. The van der Waals surface area contributed by atoms with Gasteiger partial charge in [-0.25, -0.2) is 14.3 Å². The van der Waals surface area contributed by atoms with Gasteiger partial charge < -0.3 is 14.8 Å². The van der Waals surface area contributed by atoms with E-state index in [1.807, 2.05) is 19.9 Å². The number of amides is 1. The molecular formula is C18H18ClN5O4. The van der Waals surface area contributed by atoms with Crippen molar-refractivity contribution in [3.05, 3.63) is 46.5 Å². The molecule has 9 nitrogen and oxygen atoms in total. The maximum atomic E-state index is 12.4. The third kappa shape index (κ3) is 4.04. The summed E-state index contributed by atoms with van der Waals surface area (Å²) in [5, 5.41) is 7.13. The van der Waals surface area contributed by atoms with Crippen LogP contribution in [0.1, 0.15) is 28.9 Å². The van der Waals surface area contributed by atoms with E-state index in [0.29, 0.717) is 16.5 Å². The predicted molar refractivity (Wildman–Crippen MR) is 102 cm³/mol. The van der Waals surface area contributed by atoms with Crippen molar-refractivity contribution >= 4 is 34.9 Å². The van der Waals surface area contributed by atoms with Gasteiger partial charge in [0.1, 0.15) is 5.75 Å². The Morgan fingerprint density at radius 1 is 1.21 bits per heavy atom. The van der Waals surface area contributed by atoms with Gasteiger partial charge in [0, 0.05) is 16.4 Å². The molecular weight excluding hydrogens is 386 g/mol. The number of aromatic nitrogens is 4. The van der Waals surface area contributed by atoms with Gasteiger partial charge >= 0.3 is 5.97 Å². The molecule has 1 N–H and O–H groups in total. The van der Waals surface area contributed by atoms with Crippen LogP contribution < -0.4 is 10.1 Å². The van der Waals surface area contributed by atoms with Gasteiger partial charge in [-0.3, -0.25) is 4.79 Å². The highest BCUT2D eigenvalue weighted by Gasteiger charge is 2.23. The third-order valence-corrected chi connectivity index (χ3v) is 4.11. The summed E-state index contributed by atoms with van der Waals surface area (Å²) in [5.74, 6) is -0.854. The summed E-state index contributed by atoms with van der Waals surface area (Å²) in [6.07, 6.45) is -1.10. The number of aryl methyl sites for hydroxylation is 2. The number of benzene rings is 1. The Morgan fingerprint density at radius 2 is 1.96 bits per heavy atom. The summed E-state index contributed by atoms with van der Waals surface area (Å²) in [7, 11) is 1.47. The van der Waals surface area contributed by atoms with Crippen molar-refractivity contribution in [2.24, 2.45) is 0 Å². The fourth-order valence-electron chi connectivity index (χ4n) is 2.53. The number of hydrogen-bond acceptors (Lipinski definition) is 7. The highest BCUT2D eigenvalue weighted by atomic mass is 35.5. The lowest BCUT2D eigenvalue weighted by Gasteiger charge is -2.14. The maximum absolute atomic E-state index is 12.4. The Hall–Kier alpha value is -3.20. The molecule has 0 aliphatic heterocycles. The first-order chi connectivity index (χ1) is 13.3. The van der Waals surface area contributed by atoms with Gasteiger partial charge in [0.2, 0.25) is 0 Å². The van der Waals surface area contributed by atoms with E-state index in [0.717, 1.165) is 11.4 Å². The molecule has 1 amide bonds. The van der Waals surface area contributed by atoms with Gasteiger partial charge in [-0.1, -0.05) is 11.6 Å². The summed E-state index contributed by atoms with van der Waals surface area (Å²) in [4.78, 5) is 33.0. The van der Waals surface area contributed by atoms with Crippen molar-refractivity contribution in [3.8, 4) is 5.75 Å². The van der Waals surface area contributed by atoms with Crippen molar-refractivity contribution in [1.29, 1.82) is 0 Å². The number of fused-ring (bicyclic) bond motifs is 1. The minimum Gasteiger partial charge on any atom is -0.495 e. The summed E-state index contributed by atoms with van der Waals surface area (Å²) in [5.41, 5.74) is 1.89. The molecule has 0 saturated heterocycles. The van der Waals surface area contributed by atoms with E-state index in [1.165, 1.54) is 24.6 Å². The standard InChI is InChI=1S/C18H18ClN5O4/c1-9-7-10(2)24-18(20-9)22-15(23-24)17(26)28-11(3)16(25)21-13-8-12(19)5-6-14(13)27-4/h5-8,11H,1-4H3,(H,21,25)/t11-/m1/s1. The number of carbonyl (C=O) groups excluding carboxylic acids is 2. The van der Waals surface area contributed by atoms with Crippen LogP contribution in [0.15, 0.2) is 24.3 Å². The molecule has 146 valence electrons. The largest absolute Gasteiger partial charge is 0.495 e. The van der Waals surface area contributed by atoms with Crippen LogP contribution in [0, 0.1) is 13.8 Å². The monoisotopic (exact) mass is 403 g/mol. The Bertz CT molecular complexity index is 1070. The van der Waals surface area contributed by atoms with Crippen LogP contribution in [-0.4, -0.2) is 44.7 Å². The Labute approximate surface area is 165 Å². The van der Waals surface area contributed by atoms with Crippen LogP contribution in [-0.2, 0) is 9.53 Å². The van der Waals surface area contributed by atoms with Crippen molar-refractivity contribution in [2.45, 2.75) is 26.9 Å². The topological polar surface area (TPSA) is 108 Å². The Kier molecular flexibility index (Phi) is 5.46. The van der Waals surface area contributed by atoms with Crippen molar-refractivity contribution < 1.29 is 19.1 Å². The average Bonchev–Trinajstić information content (AvgIpc) is 3.06. The number of esters is 1. The summed E-state index contributed by atoms with van der Waals surface area (Å²) >= 11 is 5.95. The number of nitrogens with one attached hydrogen (secondary N) is 1. The molecule has 0 unspecified atom stereocenters. The number of carbonyl (C=O) groups is 2. The molecule has 2 aromatic heterocycles. The number of halogens is 1. The number of ether oxygens (including phenoxy) is 2. The molecule has 0 saturated carbocycles. The first-order valence-corrected chi connectivity index (χ1v) is 8.72. The number of hydrogen-bond donors (Lipinski definition) is 1. The van der Waals surface area contributed by atoms with E-state index in [4.69, 9.17) is 21.1 Å². The van der Waals surface area contributed by atoms with Crippen LogP contribution in [0.2, 0.25) is 5.02 Å². The van der Waals surface area contributed by atoms with Gasteiger partial charge in [-0.15, -0.1) is 5.10 Å². The molecule has 0 fully saturated rings. The molecule has 0 radical (unpaired) electrons. The quantitative estimate of drug-likeness (QED) is 0.652. The highest BCUT2D eigenvalue weighted by Crippen LogP contribution is 2.27. The second kappa shape index (κ2) is 7.81. The van der Waals surface area contributed by atoms with E-state index >= 15 is 0 Å². The fourth-order valence-corrected chi connectivity index (χ4v) is 2.70. The van der Waals surface area contributed by atoms with Crippen LogP contribution in [0.5, 0.6) is 5.75 Å². The number of rotatable bonds is 5. The SMILES string of the molecule is COc1ccc(Cl)cc1NC(=O)[C@@H](C)OC(=O)c1nc2nc(C)cc(C)n2n1. The van der Waals surface area contributed by atoms with Crippen molar-refractivity contribution in [2.75, 3.05) is 12.4 Å². The lowest BCUT2D eigenvalue weighted by Crippen LogP contribution is -2.30. The Morgan fingerprint density at radius 3 is 2.68 bits per heavy atom. The van der Waals surface area contributed by atoms with E-state index in [9.17, 15) is 9.59 Å². The minimum atomic E-state index is -1.10. The molecule has 28 heavy (non-hydrogen) atoms. The van der Waals surface area contributed by atoms with E-state index in [2.05, 4.69) is 20.4 Å². The molecule has 1 atom stereocenters. The van der Waals surface area contributed by atoms with E-state index in [1.54, 1.807) is 12.1 Å². The number of anilines is 1. The minimum absolute atomic E-state index is 0.179. The van der Waals surface area contributed by atoms with Crippen LogP contribution in [0.4, 0.5) is 5.69 Å². The first-order valence-electron chi connectivity index (χ1n) is 8.35. The molecule has 0 aliphatic carbocycles. The Balaban J connectivity index is 1.73. The molecule has 2 heterocycles. The van der Waals surface area contributed by atoms with E-state index in [-0.39, 0.29) is 11.6 Å². The normalized spacial score (nSPS) is 11.9. The molecule has 0 spiro atoms. The van der Waals surface area contributed by atoms with Crippen LogP contribution >= 0.6 is 11.6 Å². The van der Waals surface area contributed by atoms with Gasteiger partial charge in [0.25, 0.3) is 17.5 Å². The molecule has 0 bridgehead atoms. The third-order valence-electron chi connectivity index (χ3n) is 3.87. The highest BCUT2D eigenvalue weighted by molar-refractivity contribution is 6.31. The van der Waals surface area contributed by atoms with Gasteiger partial charge in [0.05, 0.1) is 12.8 Å². The van der Waals surface area contributed by atoms with E-state index < -0.39 is 18.0 Å². The summed E-state index contributed by atoms with van der Waals surface area (Å²) < 4.78 is 11.8. The molecule has 10 heteroatoms. The van der Waals surface area contributed by atoms with Crippen molar-refractivity contribution in [3.63, 3.8) is 0 Å². The van der Waals surface area contributed by atoms with Gasteiger partial charge in [-0.2, -0.15) is 4.98 Å². The zero-order chi connectivity index (χ0) is 20.4.